The van der Waals surface area contributed by atoms with Crippen molar-refractivity contribution in [2.75, 3.05) is 5.32 Å². The molecule has 2 heterocycles. The highest BCUT2D eigenvalue weighted by molar-refractivity contribution is 7.90. The number of aryl methyl sites for hydroxylation is 3. The molecule has 2 N–H and O–H groups in total. The van der Waals surface area contributed by atoms with Crippen LogP contribution in [0, 0.1) is 13.8 Å². The Balaban J connectivity index is 1.75. The SMILES string of the molecule is Cc1cc2c(cc1S(=O)(=O)NC(=O)CCc1cnn(C)c1C)O[C@H](C)C(=O)N2. The maximum Gasteiger partial charge on any atom is 0.265 e. The van der Waals surface area contributed by atoms with Gasteiger partial charge in [-0.05, 0) is 44.4 Å². The van der Waals surface area contributed by atoms with Crippen molar-refractivity contribution in [2.24, 2.45) is 7.05 Å². The summed E-state index contributed by atoms with van der Waals surface area (Å²) in [6.45, 7) is 5.03. The third-order valence-electron chi connectivity index (χ3n) is 4.70. The molecule has 0 aliphatic carbocycles. The first kappa shape index (κ1) is 19.9. The first-order chi connectivity index (χ1) is 13.1. The van der Waals surface area contributed by atoms with Gasteiger partial charge in [0.15, 0.2) is 6.10 Å². The summed E-state index contributed by atoms with van der Waals surface area (Å²) in [4.78, 5) is 23.8. The maximum atomic E-state index is 12.7. The van der Waals surface area contributed by atoms with E-state index in [2.05, 4.69) is 15.1 Å². The summed E-state index contributed by atoms with van der Waals surface area (Å²) in [5.41, 5.74) is 2.60. The molecule has 2 amide bonds. The number of fused-ring (bicyclic) bond motifs is 1. The number of hydrogen-bond acceptors (Lipinski definition) is 6. The molecule has 10 heteroatoms. The van der Waals surface area contributed by atoms with Gasteiger partial charge in [-0.3, -0.25) is 14.3 Å². The Labute approximate surface area is 163 Å². The second kappa shape index (κ2) is 7.27. The molecule has 0 saturated carbocycles. The number of ether oxygens (including phenoxy) is 1. The Morgan fingerprint density at radius 2 is 2.07 bits per heavy atom. The van der Waals surface area contributed by atoms with E-state index in [-0.39, 0.29) is 23.0 Å². The van der Waals surface area contributed by atoms with Crippen molar-refractivity contribution in [2.45, 2.75) is 44.6 Å². The fourth-order valence-corrected chi connectivity index (χ4v) is 4.18. The van der Waals surface area contributed by atoms with Crippen LogP contribution in [0.1, 0.15) is 30.2 Å². The van der Waals surface area contributed by atoms with Gasteiger partial charge >= 0.3 is 0 Å². The van der Waals surface area contributed by atoms with Gasteiger partial charge in [-0.25, -0.2) is 13.1 Å². The average molecular weight is 406 g/mol. The number of carbonyl (C=O) groups is 2. The molecule has 9 nitrogen and oxygen atoms in total. The van der Waals surface area contributed by atoms with E-state index in [0.29, 0.717) is 17.7 Å². The van der Waals surface area contributed by atoms with Crippen LogP contribution in [-0.4, -0.2) is 36.1 Å². The third kappa shape index (κ3) is 3.86. The van der Waals surface area contributed by atoms with Gasteiger partial charge in [0.1, 0.15) is 5.75 Å². The number of aromatic nitrogens is 2. The topological polar surface area (TPSA) is 119 Å². The van der Waals surface area contributed by atoms with Gasteiger partial charge in [0.2, 0.25) is 5.91 Å². The van der Waals surface area contributed by atoms with Gasteiger partial charge in [0, 0.05) is 25.2 Å². The summed E-state index contributed by atoms with van der Waals surface area (Å²) in [5.74, 6) is -0.666. The molecule has 1 aromatic carbocycles. The van der Waals surface area contributed by atoms with Crippen LogP contribution in [0.4, 0.5) is 5.69 Å². The lowest BCUT2D eigenvalue weighted by Crippen LogP contribution is -2.35. The van der Waals surface area contributed by atoms with Gasteiger partial charge in [0.25, 0.3) is 15.9 Å². The third-order valence-corrected chi connectivity index (χ3v) is 6.22. The molecule has 1 aliphatic rings. The Bertz CT molecular complexity index is 1060. The fraction of sp³-hybridized carbons (Fsp3) is 0.389. The van der Waals surface area contributed by atoms with Crippen LogP contribution in [0.3, 0.4) is 0 Å². The van der Waals surface area contributed by atoms with E-state index in [0.717, 1.165) is 11.3 Å². The Morgan fingerprint density at radius 3 is 2.71 bits per heavy atom. The number of nitrogens with one attached hydrogen (secondary N) is 2. The highest BCUT2D eigenvalue weighted by Crippen LogP contribution is 2.34. The van der Waals surface area contributed by atoms with E-state index in [1.165, 1.54) is 12.1 Å². The van der Waals surface area contributed by atoms with E-state index in [1.807, 2.05) is 6.92 Å². The molecule has 150 valence electrons. The standard InChI is InChI=1S/C18H22N4O5S/c1-10-7-14-15(27-12(3)18(24)20-14)8-16(10)28(25,26)21-17(23)6-5-13-9-19-22(4)11(13)2/h7-9,12H,5-6H2,1-4H3,(H,20,24)(H,21,23)/t12-/m1/s1. The molecule has 1 aromatic heterocycles. The van der Waals surface area contributed by atoms with Crippen molar-refractivity contribution in [3.8, 4) is 5.75 Å². The molecule has 0 bridgehead atoms. The van der Waals surface area contributed by atoms with E-state index in [9.17, 15) is 18.0 Å². The summed E-state index contributed by atoms with van der Waals surface area (Å²) in [6, 6.07) is 2.83. The van der Waals surface area contributed by atoms with Gasteiger partial charge in [-0.1, -0.05) is 0 Å². The van der Waals surface area contributed by atoms with E-state index < -0.39 is 22.0 Å². The zero-order valence-electron chi connectivity index (χ0n) is 16.1. The van der Waals surface area contributed by atoms with E-state index >= 15 is 0 Å². The molecular weight excluding hydrogens is 384 g/mol. The predicted octanol–water partition coefficient (Wildman–Crippen LogP) is 1.19. The average Bonchev–Trinajstić information content (AvgIpc) is 2.92. The van der Waals surface area contributed by atoms with Crippen LogP contribution in [0.15, 0.2) is 23.2 Å². The molecule has 0 saturated heterocycles. The maximum absolute atomic E-state index is 12.7. The van der Waals surface area contributed by atoms with Crippen LogP contribution in [0.2, 0.25) is 0 Å². The fourth-order valence-electron chi connectivity index (χ4n) is 2.93. The first-order valence-electron chi connectivity index (χ1n) is 8.74. The number of amides is 2. The summed E-state index contributed by atoms with van der Waals surface area (Å²) in [7, 11) is -2.28. The van der Waals surface area contributed by atoms with E-state index in [4.69, 9.17) is 4.74 Å². The molecule has 1 atom stereocenters. The predicted molar refractivity (Wildman–Crippen MR) is 101 cm³/mol. The molecule has 0 spiro atoms. The Morgan fingerprint density at radius 1 is 1.36 bits per heavy atom. The summed E-state index contributed by atoms with van der Waals surface area (Å²) in [6.07, 6.45) is 1.33. The van der Waals surface area contributed by atoms with Crippen molar-refractivity contribution in [1.82, 2.24) is 14.5 Å². The lowest BCUT2D eigenvalue weighted by atomic mass is 10.1. The van der Waals surface area contributed by atoms with Crippen LogP contribution in [0.25, 0.3) is 0 Å². The molecule has 1 aliphatic heterocycles. The van der Waals surface area contributed by atoms with Gasteiger partial charge in [-0.2, -0.15) is 5.10 Å². The molecule has 0 unspecified atom stereocenters. The van der Waals surface area contributed by atoms with Crippen LogP contribution in [0.5, 0.6) is 5.75 Å². The van der Waals surface area contributed by atoms with Gasteiger partial charge < -0.3 is 10.1 Å². The first-order valence-corrected chi connectivity index (χ1v) is 10.2. The van der Waals surface area contributed by atoms with E-state index in [1.54, 1.807) is 31.8 Å². The molecule has 28 heavy (non-hydrogen) atoms. The number of carbonyl (C=O) groups excluding carboxylic acids is 2. The number of rotatable bonds is 5. The number of nitrogens with zero attached hydrogens (tertiary/aromatic N) is 2. The second-order valence-corrected chi connectivity index (χ2v) is 8.42. The molecule has 2 aromatic rings. The largest absolute Gasteiger partial charge is 0.479 e. The highest BCUT2D eigenvalue weighted by atomic mass is 32.2. The molecular formula is C18H22N4O5S. The van der Waals surface area contributed by atoms with Crippen molar-refractivity contribution < 1.29 is 22.7 Å². The van der Waals surface area contributed by atoms with Crippen molar-refractivity contribution in [3.63, 3.8) is 0 Å². The molecule has 0 radical (unpaired) electrons. The minimum atomic E-state index is -4.08. The minimum Gasteiger partial charge on any atom is -0.479 e. The minimum absolute atomic E-state index is 0.0132. The van der Waals surface area contributed by atoms with Gasteiger partial charge in [0.05, 0.1) is 16.8 Å². The highest BCUT2D eigenvalue weighted by Gasteiger charge is 2.28. The monoisotopic (exact) mass is 406 g/mol. The van der Waals surface area contributed by atoms with Gasteiger partial charge in [-0.15, -0.1) is 0 Å². The lowest BCUT2D eigenvalue weighted by molar-refractivity contribution is -0.122. The number of sulfonamides is 1. The van der Waals surface area contributed by atoms with Crippen molar-refractivity contribution in [1.29, 1.82) is 0 Å². The van der Waals surface area contributed by atoms with Crippen molar-refractivity contribution in [3.05, 3.63) is 35.2 Å². The normalized spacial score (nSPS) is 16.1. The Kier molecular flexibility index (Phi) is 5.16. The zero-order valence-corrected chi connectivity index (χ0v) is 16.9. The molecule has 0 fully saturated rings. The summed E-state index contributed by atoms with van der Waals surface area (Å²) in [5, 5.41) is 6.76. The number of benzene rings is 1. The quantitative estimate of drug-likeness (QED) is 0.770. The smallest absolute Gasteiger partial charge is 0.265 e. The van der Waals surface area contributed by atoms with Crippen LogP contribution >= 0.6 is 0 Å². The summed E-state index contributed by atoms with van der Waals surface area (Å²) < 4.78 is 34.6. The number of hydrogen-bond donors (Lipinski definition) is 2. The van der Waals surface area contributed by atoms with Crippen molar-refractivity contribution >= 4 is 27.5 Å². The number of anilines is 1. The van der Waals surface area contributed by atoms with Crippen LogP contribution < -0.4 is 14.8 Å². The molecule has 3 rings (SSSR count). The summed E-state index contributed by atoms with van der Waals surface area (Å²) >= 11 is 0. The van der Waals surface area contributed by atoms with Crippen LogP contribution in [-0.2, 0) is 33.1 Å². The lowest BCUT2D eigenvalue weighted by Gasteiger charge is -2.24. The zero-order chi connectivity index (χ0) is 20.6. The second-order valence-electron chi connectivity index (χ2n) is 6.77. The Hall–Kier alpha value is -2.88.